The van der Waals surface area contributed by atoms with Gasteiger partial charge in [-0.15, -0.1) is 0 Å². The van der Waals surface area contributed by atoms with Gasteiger partial charge in [0.25, 0.3) is 0 Å². The van der Waals surface area contributed by atoms with Gasteiger partial charge >= 0.3 is 0 Å². The quantitative estimate of drug-likeness (QED) is 0.825. The van der Waals surface area contributed by atoms with Crippen LogP contribution in [0.4, 0.5) is 5.82 Å². The number of aliphatic hydroxyl groups excluding tert-OH is 1. The molecule has 0 amide bonds. The Balaban J connectivity index is 2.34. The molecule has 2 heterocycles. The number of anilines is 1. The lowest BCUT2D eigenvalue weighted by molar-refractivity contribution is 0.281. The van der Waals surface area contributed by atoms with Gasteiger partial charge in [-0.1, -0.05) is 13.8 Å². The van der Waals surface area contributed by atoms with Gasteiger partial charge in [-0.05, 0) is 18.8 Å². The summed E-state index contributed by atoms with van der Waals surface area (Å²) in [5, 5.41) is 13.8. The van der Waals surface area contributed by atoms with E-state index in [1.165, 1.54) is 6.42 Å². The van der Waals surface area contributed by atoms with Crippen molar-refractivity contribution in [1.29, 1.82) is 0 Å². The molecule has 1 fully saturated rings. The Bertz CT molecular complexity index is 395. The molecule has 1 aliphatic heterocycles. The Morgan fingerprint density at radius 3 is 2.62 bits per heavy atom. The Morgan fingerprint density at radius 1 is 1.44 bits per heavy atom. The molecule has 0 radical (unpaired) electrons. The van der Waals surface area contributed by atoms with E-state index >= 15 is 0 Å². The first kappa shape index (κ1) is 11.5. The minimum Gasteiger partial charge on any atom is -0.391 e. The number of hydrogen-bond acceptors (Lipinski definition) is 3. The molecule has 0 spiro atoms. The van der Waals surface area contributed by atoms with Crippen LogP contribution in [0.2, 0.25) is 0 Å². The van der Waals surface area contributed by atoms with Crippen molar-refractivity contribution in [3.8, 4) is 0 Å². The summed E-state index contributed by atoms with van der Waals surface area (Å²) in [4.78, 5) is 2.34. The summed E-state index contributed by atoms with van der Waals surface area (Å²) in [6.07, 6.45) is 1.20. The zero-order valence-electron chi connectivity index (χ0n) is 10.6. The highest BCUT2D eigenvalue weighted by molar-refractivity contribution is 5.51. The van der Waals surface area contributed by atoms with Crippen molar-refractivity contribution in [3.63, 3.8) is 0 Å². The third kappa shape index (κ3) is 1.82. The normalized spacial score (nSPS) is 19.4. The van der Waals surface area contributed by atoms with E-state index in [-0.39, 0.29) is 6.61 Å². The van der Waals surface area contributed by atoms with Crippen LogP contribution in [-0.2, 0) is 13.7 Å². The maximum atomic E-state index is 9.42. The van der Waals surface area contributed by atoms with Gasteiger partial charge in [0, 0.05) is 25.7 Å². The van der Waals surface area contributed by atoms with Gasteiger partial charge in [-0.3, -0.25) is 4.68 Å². The van der Waals surface area contributed by atoms with Crippen molar-refractivity contribution in [2.75, 3.05) is 18.0 Å². The van der Waals surface area contributed by atoms with Gasteiger partial charge in [0.2, 0.25) is 0 Å². The van der Waals surface area contributed by atoms with Crippen LogP contribution in [0.25, 0.3) is 0 Å². The summed E-state index contributed by atoms with van der Waals surface area (Å²) in [6.45, 7) is 8.70. The van der Waals surface area contributed by atoms with E-state index < -0.39 is 0 Å². The highest BCUT2D eigenvalue weighted by atomic mass is 16.3. The van der Waals surface area contributed by atoms with E-state index in [1.54, 1.807) is 0 Å². The minimum absolute atomic E-state index is 0.0753. The Labute approximate surface area is 96.9 Å². The van der Waals surface area contributed by atoms with Crippen LogP contribution in [0, 0.1) is 12.3 Å². The van der Waals surface area contributed by atoms with Crippen molar-refractivity contribution >= 4 is 5.82 Å². The number of hydrogen-bond donors (Lipinski definition) is 1. The summed E-state index contributed by atoms with van der Waals surface area (Å²) >= 11 is 0. The largest absolute Gasteiger partial charge is 0.391 e. The highest BCUT2D eigenvalue weighted by Crippen LogP contribution is 2.34. The van der Waals surface area contributed by atoms with Crippen LogP contribution in [0.15, 0.2) is 0 Å². The van der Waals surface area contributed by atoms with Gasteiger partial charge in [-0.2, -0.15) is 5.10 Å². The van der Waals surface area contributed by atoms with Crippen LogP contribution in [0.3, 0.4) is 0 Å². The molecule has 0 aliphatic carbocycles. The van der Waals surface area contributed by atoms with E-state index in [2.05, 4.69) is 23.8 Å². The maximum absolute atomic E-state index is 9.42. The van der Waals surface area contributed by atoms with E-state index in [4.69, 9.17) is 0 Å². The van der Waals surface area contributed by atoms with Crippen molar-refractivity contribution in [1.82, 2.24) is 9.78 Å². The average molecular weight is 223 g/mol. The summed E-state index contributed by atoms with van der Waals surface area (Å²) < 4.78 is 1.89. The molecule has 1 N–H and O–H groups in total. The molecule has 4 nitrogen and oxygen atoms in total. The summed E-state index contributed by atoms with van der Waals surface area (Å²) in [5.74, 6) is 1.09. The molecule has 16 heavy (non-hydrogen) atoms. The fourth-order valence-electron chi connectivity index (χ4n) is 2.56. The topological polar surface area (TPSA) is 41.3 Å². The highest BCUT2D eigenvalue weighted by Gasteiger charge is 2.32. The molecule has 1 aromatic heterocycles. The van der Waals surface area contributed by atoms with Crippen LogP contribution in [0.5, 0.6) is 0 Å². The van der Waals surface area contributed by atoms with Crippen LogP contribution < -0.4 is 4.90 Å². The molecule has 2 rings (SSSR count). The van der Waals surface area contributed by atoms with Crippen molar-refractivity contribution < 1.29 is 5.11 Å². The van der Waals surface area contributed by atoms with Gasteiger partial charge in [0.1, 0.15) is 5.82 Å². The first-order valence-corrected chi connectivity index (χ1v) is 5.83. The third-order valence-corrected chi connectivity index (χ3v) is 3.45. The molecule has 0 bridgehead atoms. The smallest absolute Gasteiger partial charge is 0.132 e. The molecule has 1 saturated heterocycles. The van der Waals surface area contributed by atoms with E-state index in [9.17, 15) is 5.11 Å². The predicted octanol–water partition coefficient (Wildman–Crippen LogP) is 1.46. The molecule has 0 aromatic carbocycles. The van der Waals surface area contributed by atoms with E-state index in [0.29, 0.717) is 5.41 Å². The number of nitrogens with zero attached hydrogens (tertiary/aromatic N) is 3. The van der Waals surface area contributed by atoms with Gasteiger partial charge in [0.15, 0.2) is 0 Å². The lowest BCUT2D eigenvalue weighted by atomic mass is 9.93. The molecule has 1 aromatic rings. The zero-order valence-corrected chi connectivity index (χ0v) is 10.6. The summed E-state index contributed by atoms with van der Waals surface area (Å²) in [6, 6.07) is 0. The summed E-state index contributed by atoms with van der Waals surface area (Å²) in [5.41, 5.74) is 2.27. The molecule has 4 heteroatoms. The van der Waals surface area contributed by atoms with Crippen molar-refractivity contribution in [2.45, 2.75) is 33.8 Å². The minimum atomic E-state index is 0.0753. The monoisotopic (exact) mass is 223 g/mol. The second-order valence-corrected chi connectivity index (χ2v) is 5.51. The average Bonchev–Trinajstić information content (AvgIpc) is 2.66. The molecular weight excluding hydrogens is 202 g/mol. The van der Waals surface area contributed by atoms with Crippen molar-refractivity contribution in [2.24, 2.45) is 12.5 Å². The molecule has 0 unspecified atom stereocenters. The number of aryl methyl sites for hydroxylation is 2. The van der Waals surface area contributed by atoms with Gasteiger partial charge < -0.3 is 10.0 Å². The third-order valence-electron chi connectivity index (χ3n) is 3.45. The number of rotatable bonds is 2. The standard InChI is InChI=1S/C12H21N3O/c1-9-10(7-16)11(14(4)13-9)15-6-5-12(2,3)8-15/h16H,5-8H2,1-4H3. The molecule has 1 aliphatic rings. The number of aliphatic hydroxyl groups is 1. The molecule has 90 valence electrons. The second-order valence-electron chi connectivity index (χ2n) is 5.51. The van der Waals surface area contributed by atoms with Crippen LogP contribution >= 0.6 is 0 Å². The fourth-order valence-corrected chi connectivity index (χ4v) is 2.56. The van der Waals surface area contributed by atoms with Crippen molar-refractivity contribution in [3.05, 3.63) is 11.3 Å². The van der Waals surface area contributed by atoms with E-state index in [0.717, 1.165) is 30.2 Å². The second kappa shape index (κ2) is 3.77. The molecule has 0 atom stereocenters. The van der Waals surface area contributed by atoms with Crippen LogP contribution in [0.1, 0.15) is 31.5 Å². The summed E-state index contributed by atoms with van der Waals surface area (Å²) in [7, 11) is 1.95. The molecule has 0 saturated carbocycles. The lowest BCUT2D eigenvalue weighted by Gasteiger charge is -2.22. The molecular formula is C12H21N3O. The van der Waals surface area contributed by atoms with Gasteiger partial charge in [-0.25, -0.2) is 0 Å². The Morgan fingerprint density at radius 2 is 2.12 bits per heavy atom. The first-order valence-electron chi connectivity index (χ1n) is 5.83. The SMILES string of the molecule is Cc1nn(C)c(N2CCC(C)(C)C2)c1CO. The first-order chi connectivity index (χ1) is 7.44. The predicted molar refractivity (Wildman–Crippen MR) is 64.5 cm³/mol. The fraction of sp³-hybridized carbons (Fsp3) is 0.750. The maximum Gasteiger partial charge on any atom is 0.132 e. The lowest BCUT2D eigenvalue weighted by Crippen LogP contribution is -2.25. The van der Waals surface area contributed by atoms with Crippen LogP contribution in [-0.4, -0.2) is 28.0 Å². The van der Waals surface area contributed by atoms with Gasteiger partial charge in [0.05, 0.1) is 12.3 Å². The van der Waals surface area contributed by atoms with E-state index in [1.807, 2.05) is 18.7 Å². The Kier molecular flexibility index (Phi) is 2.70. The Hall–Kier alpha value is -1.03. The number of aromatic nitrogens is 2. The zero-order chi connectivity index (χ0) is 11.9.